The number of rotatable bonds is 6. The van der Waals surface area contributed by atoms with E-state index >= 15 is 0 Å². The van der Waals surface area contributed by atoms with Crippen LogP contribution in [0.5, 0.6) is 0 Å². The van der Waals surface area contributed by atoms with Crippen LogP contribution >= 0.6 is 15.9 Å². The summed E-state index contributed by atoms with van der Waals surface area (Å²) in [6, 6.07) is 18.0. The van der Waals surface area contributed by atoms with E-state index in [0.717, 1.165) is 16.6 Å². The smallest absolute Gasteiger partial charge is 0.234 e. The number of nitrogens with zero attached hydrogens (tertiary/aromatic N) is 1. The SMILES string of the molecule is CN(CC(=O)NCc1ccccc1)Cc1ccccc1Br. The van der Waals surface area contributed by atoms with E-state index in [4.69, 9.17) is 0 Å². The monoisotopic (exact) mass is 346 g/mol. The van der Waals surface area contributed by atoms with Crippen molar-refractivity contribution in [3.63, 3.8) is 0 Å². The third-order valence-corrected chi connectivity index (χ3v) is 3.92. The molecule has 0 spiro atoms. The van der Waals surface area contributed by atoms with E-state index in [1.54, 1.807) is 0 Å². The summed E-state index contributed by atoms with van der Waals surface area (Å²) >= 11 is 3.53. The summed E-state index contributed by atoms with van der Waals surface area (Å²) in [5.41, 5.74) is 2.29. The first-order valence-corrected chi connectivity index (χ1v) is 7.67. The van der Waals surface area contributed by atoms with Crippen LogP contribution in [-0.4, -0.2) is 24.4 Å². The van der Waals surface area contributed by atoms with E-state index in [-0.39, 0.29) is 5.91 Å². The van der Waals surface area contributed by atoms with Crippen molar-refractivity contribution in [3.8, 4) is 0 Å². The predicted molar refractivity (Wildman–Crippen MR) is 88.8 cm³/mol. The van der Waals surface area contributed by atoms with E-state index in [0.29, 0.717) is 13.1 Å². The van der Waals surface area contributed by atoms with E-state index in [1.807, 2.05) is 60.5 Å². The van der Waals surface area contributed by atoms with Crippen molar-refractivity contribution in [1.29, 1.82) is 0 Å². The van der Waals surface area contributed by atoms with Crippen LogP contribution in [0, 0.1) is 0 Å². The van der Waals surface area contributed by atoms with Crippen molar-refractivity contribution >= 4 is 21.8 Å². The molecule has 2 rings (SSSR count). The molecule has 0 radical (unpaired) electrons. The van der Waals surface area contributed by atoms with Gasteiger partial charge in [0.05, 0.1) is 6.54 Å². The van der Waals surface area contributed by atoms with Gasteiger partial charge in [-0.2, -0.15) is 0 Å². The van der Waals surface area contributed by atoms with Crippen molar-refractivity contribution in [2.75, 3.05) is 13.6 Å². The number of nitrogens with one attached hydrogen (secondary N) is 1. The minimum Gasteiger partial charge on any atom is -0.351 e. The highest BCUT2D eigenvalue weighted by Crippen LogP contribution is 2.17. The van der Waals surface area contributed by atoms with Crippen LogP contribution in [0.25, 0.3) is 0 Å². The fourth-order valence-electron chi connectivity index (χ4n) is 2.07. The Morgan fingerprint density at radius 2 is 1.76 bits per heavy atom. The Hall–Kier alpha value is -1.65. The normalized spacial score (nSPS) is 10.6. The van der Waals surface area contributed by atoms with E-state index < -0.39 is 0 Å². The molecule has 110 valence electrons. The molecule has 0 heterocycles. The second-order valence-corrected chi connectivity index (χ2v) is 5.88. The van der Waals surface area contributed by atoms with E-state index in [9.17, 15) is 4.79 Å². The molecule has 2 aromatic rings. The number of halogens is 1. The Kier molecular flexibility index (Phi) is 5.96. The first-order valence-electron chi connectivity index (χ1n) is 6.88. The third-order valence-electron chi connectivity index (χ3n) is 3.14. The molecule has 1 amide bonds. The molecule has 0 unspecified atom stereocenters. The molecule has 0 aliphatic heterocycles. The van der Waals surface area contributed by atoms with Crippen LogP contribution in [0.15, 0.2) is 59.1 Å². The second-order valence-electron chi connectivity index (χ2n) is 5.03. The van der Waals surface area contributed by atoms with Gasteiger partial charge in [-0.25, -0.2) is 0 Å². The zero-order valence-corrected chi connectivity index (χ0v) is 13.6. The average molecular weight is 347 g/mol. The lowest BCUT2D eigenvalue weighted by Gasteiger charge is -2.17. The largest absolute Gasteiger partial charge is 0.351 e. The summed E-state index contributed by atoms with van der Waals surface area (Å²) in [5.74, 6) is 0.0356. The van der Waals surface area contributed by atoms with Crippen LogP contribution in [0.4, 0.5) is 0 Å². The van der Waals surface area contributed by atoms with Crippen LogP contribution in [0.2, 0.25) is 0 Å². The molecule has 21 heavy (non-hydrogen) atoms. The van der Waals surface area contributed by atoms with Crippen molar-refractivity contribution in [2.24, 2.45) is 0 Å². The fourth-order valence-corrected chi connectivity index (χ4v) is 2.48. The van der Waals surface area contributed by atoms with Crippen LogP contribution in [-0.2, 0) is 17.9 Å². The van der Waals surface area contributed by atoms with E-state index in [1.165, 1.54) is 5.56 Å². The number of benzene rings is 2. The summed E-state index contributed by atoms with van der Waals surface area (Å²) in [7, 11) is 1.95. The highest BCUT2D eigenvalue weighted by atomic mass is 79.9. The molecule has 0 saturated heterocycles. The van der Waals surface area contributed by atoms with Crippen LogP contribution < -0.4 is 5.32 Å². The van der Waals surface area contributed by atoms with Gasteiger partial charge in [0, 0.05) is 17.6 Å². The maximum absolute atomic E-state index is 11.9. The molecule has 0 aliphatic carbocycles. The molecule has 3 nitrogen and oxygen atoms in total. The summed E-state index contributed by atoms with van der Waals surface area (Å²) in [6.45, 7) is 1.69. The van der Waals surface area contributed by atoms with Crippen molar-refractivity contribution in [2.45, 2.75) is 13.1 Å². The Labute approximate surface area is 134 Å². The van der Waals surface area contributed by atoms with Crippen LogP contribution in [0.3, 0.4) is 0 Å². The minimum absolute atomic E-state index is 0.0356. The summed E-state index contributed by atoms with van der Waals surface area (Å²) < 4.78 is 1.07. The molecular formula is C17H19BrN2O. The van der Waals surface area contributed by atoms with Gasteiger partial charge in [-0.05, 0) is 24.2 Å². The molecular weight excluding hydrogens is 328 g/mol. The molecule has 0 aliphatic rings. The highest BCUT2D eigenvalue weighted by molar-refractivity contribution is 9.10. The first kappa shape index (κ1) is 15.7. The zero-order valence-electron chi connectivity index (χ0n) is 12.1. The zero-order chi connectivity index (χ0) is 15.1. The molecule has 0 fully saturated rings. The lowest BCUT2D eigenvalue weighted by molar-refractivity contribution is -0.122. The standard InChI is InChI=1S/C17H19BrN2O/c1-20(12-15-9-5-6-10-16(15)18)13-17(21)19-11-14-7-3-2-4-8-14/h2-10H,11-13H2,1H3,(H,19,21). The third kappa shape index (κ3) is 5.33. The molecule has 0 atom stereocenters. The molecule has 0 aromatic heterocycles. The molecule has 0 saturated carbocycles. The number of carbonyl (C=O) groups excluding carboxylic acids is 1. The Balaban J connectivity index is 1.78. The van der Waals surface area contributed by atoms with Crippen molar-refractivity contribution in [1.82, 2.24) is 10.2 Å². The van der Waals surface area contributed by atoms with Crippen molar-refractivity contribution in [3.05, 3.63) is 70.2 Å². The maximum atomic E-state index is 11.9. The fraction of sp³-hybridized carbons (Fsp3) is 0.235. The van der Waals surface area contributed by atoms with E-state index in [2.05, 4.69) is 27.3 Å². The van der Waals surface area contributed by atoms with Gasteiger partial charge in [0.1, 0.15) is 0 Å². The number of carbonyl (C=O) groups is 1. The van der Waals surface area contributed by atoms with Gasteiger partial charge < -0.3 is 5.32 Å². The predicted octanol–water partition coefficient (Wildman–Crippen LogP) is 3.20. The summed E-state index contributed by atoms with van der Waals surface area (Å²) in [4.78, 5) is 13.9. The van der Waals surface area contributed by atoms with Gasteiger partial charge in [-0.3, -0.25) is 9.69 Å². The average Bonchev–Trinajstić information content (AvgIpc) is 2.48. The summed E-state index contributed by atoms with van der Waals surface area (Å²) in [5, 5.41) is 2.94. The lowest BCUT2D eigenvalue weighted by Crippen LogP contribution is -2.34. The van der Waals surface area contributed by atoms with Gasteiger partial charge >= 0.3 is 0 Å². The Morgan fingerprint density at radius 1 is 1.10 bits per heavy atom. The minimum atomic E-state index is 0.0356. The molecule has 1 N–H and O–H groups in total. The topological polar surface area (TPSA) is 32.3 Å². The first-order chi connectivity index (χ1) is 10.1. The lowest BCUT2D eigenvalue weighted by atomic mass is 10.2. The molecule has 4 heteroatoms. The Bertz CT molecular complexity index is 586. The van der Waals surface area contributed by atoms with Gasteiger partial charge in [0.2, 0.25) is 5.91 Å². The number of hydrogen-bond acceptors (Lipinski definition) is 2. The molecule has 2 aromatic carbocycles. The van der Waals surface area contributed by atoms with Crippen molar-refractivity contribution < 1.29 is 4.79 Å². The van der Waals surface area contributed by atoms with Gasteiger partial charge in [0.15, 0.2) is 0 Å². The Morgan fingerprint density at radius 3 is 2.48 bits per heavy atom. The maximum Gasteiger partial charge on any atom is 0.234 e. The van der Waals surface area contributed by atoms with Gasteiger partial charge in [0.25, 0.3) is 0 Å². The summed E-state index contributed by atoms with van der Waals surface area (Å²) in [6.07, 6.45) is 0. The second kappa shape index (κ2) is 7.96. The molecule has 0 bridgehead atoms. The number of hydrogen-bond donors (Lipinski definition) is 1. The number of likely N-dealkylation sites (N-methyl/N-ethyl adjacent to an activating group) is 1. The quantitative estimate of drug-likeness (QED) is 0.870. The van der Waals surface area contributed by atoms with Crippen LogP contribution in [0.1, 0.15) is 11.1 Å². The van der Waals surface area contributed by atoms with Gasteiger partial charge in [-0.1, -0.05) is 64.5 Å². The van der Waals surface area contributed by atoms with Gasteiger partial charge in [-0.15, -0.1) is 0 Å². The number of amides is 1. The highest BCUT2D eigenvalue weighted by Gasteiger charge is 2.08.